The fourth-order valence-corrected chi connectivity index (χ4v) is 2.16. The van der Waals surface area contributed by atoms with Gasteiger partial charge in [-0.2, -0.15) is 0 Å². The van der Waals surface area contributed by atoms with E-state index in [4.69, 9.17) is 16.3 Å². The van der Waals surface area contributed by atoms with Crippen LogP contribution in [0.15, 0.2) is 18.5 Å². The minimum Gasteiger partial charge on any atom is -0.487 e. The number of likely N-dealkylation sites (tertiary alicyclic amines) is 1. The third-order valence-corrected chi connectivity index (χ3v) is 3.30. The molecule has 0 aromatic carbocycles. The maximum absolute atomic E-state index is 11.8. The van der Waals surface area contributed by atoms with Crippen LogP contribution in [-0.2, 0) is 9.59 Å². The van der Waals surface area contributed by atoms with Gasteiger partial charge in [0, 0.05) is 38.3 Å². The van der Waals surface area contributed by atoms with Crippen LogP contribution >= 0.6 is 11.6 Å². The lowest BCUT2D eigenvalue weighted by Gasteiger charge is -2.17. The maximum atomic E-state index is 11.8. The van der Waals surface area contributed by atoms with E-state index in [0.29, 0.717) is 23.9 Å². The molecule has 1 aromatic heterocycles. The van der Waals surface area contributed by atoms with E-state index in [1.165, 1.54) is 13.1 Å². The highest BCUT2D eigenvalue weighted by atomic mass is 35.5. The average Bonchev–Trinajstić information content (AvgIpc) is 2.87. The van der Waals surface area contributed by atoms with Crippen LogP contribution in [0.5, 0.6) is 5.75 Å². The predicted molar refractivity (Wildman–Crippen MR) is 73.5 cm³/mol. The average molecular weight is 298 g/mol. The van der Waals surface area contributed by atoms with Crippen LogP contribution in [0.1, 0.15) is 13.3 Å². The fourth-order valence-electron chi connectivity index (χ4n) is 2.00. The van der Waals surface area contributed by atoms with E-state index < -0.39 is 0 Å². The lowest BCUT2D eigenvalue weighted by molar-refractivity contribution is -0.131. The molecule has 1 fully saturated rings. The van der Waals surface area contributed by atoms with E-state index in [1.54, 1.807) is 17.2 Å². The van der Waals surface area contributed by atoms with Crippen LogP contribution in [0.2, 0.25) is 5.02 Å². The first-order chi connectivity index (χ1) is 9.56. The molecule has 108 valence electrons. The van der Waals surface area contributed by atoms with Crippen molar-refractivity contribution in [3.63, 3.8) is 0 Å². The number of carbonyl (C=O) groups is 2. The van der Waals surface area contributed by atoms with Gasteiger partial charge in [-0.3, -0.25) is 14.6 Å². The van der Waals surface area contributed by atoms with Gasteiger partial charge < -0.3 is 15.0 Å². The molecule has 1 aromatic rings. The Hall–Kier alpha value is -1.82. The molecular formula is C13H16ClN3O3. The summed E-state index contributed by atoms with van der Waals surface area (Å²) in [5.74, 6) is 0.254. The van der Waals surface area contributed by atoms with Crippen molar-refractivity contribution in [1.29, 1.82) is 0 Å². The van der Waals surface area contributed by atoms with Crippen molar-refractivity contribution < 1.29 is 14.3 Å². The lowest BCUT2D eigenvalue weighted by Crippen LogP contribution is -2.39. The van der Waals surface area contributed by atoms with Gasteiger partial charge >= 0.3 is 0 Å². The van der Waals surface area contributed by atoms with Crippen LogP contribution in [0.4, 0.5) is 0 Å². The van der Waals surface area contributed by atoms with Crippen molar-refractivity contribution in [2.75, 3.05) is 19.6 Å². The molecular weight excluding hydrogens is 282 g/mol. The first kappa shape index (κ1) is 14.6. The van der Waals surface area contributed by atoms with Crippen LogP contribution in [0.25, 0.3) is 0 Å². The molecule has 0 spiro atoms. The first-order valence-corrected chi connectivity index (χ1v) is 6.72. The Bertz CT molecular complexity index is 509. The van der Waals surface area contributed by atoms with Crippen molar-refractivity contribution in [1.82, 2.24) is 15.2 Å². The lowest BCUT2D eigenvalue weighted by atomic mass is 10.3. The SMILES string of the molecule is CC(=O)NCC(=O)N1CCC(Oc2ccncc2Cl)C1. The van der Waals surface area contributed by atoms with Crippen LogP contribution in [0.3, 0.4) is 0 Å². The van der Waals surface area contributed by atoms with E-state index in [1.807, 2.05) is 0 Å². The highest BCUT2D eigenvalue weighted by Gasteiger charge is 2.27. The monoisotopic (exact) mass is 297 g/mol. The summed E-state index contributed by atoms with van der Waals surface area (Å²) in [5.41, 5.74) is 0. The van der Waals surface area contributed by atoms with Crippen LogP contribution < -0.4 is 10.1 Å². The predicted octanol–water partition coefficient (Wildman–Crippen LogP) is 0.851. The van der Waals surface area contributed by atoms with E-state index in [0.717, 1.165) is 6.42 Å². The molecule has 0 bridgehead atoms. The Balaban J connectivity index is 1.85. The molecule has 1 unspecified atom stereocenters. The summed E-state index contributed by atoms with van der Waals surface area (Å²) in [6.45, 7) is 2.52. The third-order valence-electron chi connectivity index (χ3n) is 3.02. The van der Waals surface area contributed by atoms with Crippen molar-refractivity contribution in [2.24, 2.45) is 0 Å². The number of hydrogen-bond acceptors (Lipinski definition) is 4. The fraction of sp³-hybridized carbons (Fsp3) is 0.462. The molecule has 2 rings (SSSR count). The van der Waals surface area contributed by atoms with Gasteiger partial charge in [-0.25, -0.2) is 0 Å². The Kier molecular flexibility index (Phi) is 4.79. The van der Waals surface area contributed by atoms with Gasteiger partial charge in [0.15, 0.2) is 0 Å². The van der Waals surface area contributed by atoms with Crippen molar-refractivity contribution in [2.45, 2.75) is 19.4 Å². The first-order valence-electron chi connectivity index (χ1n) is 6.34. The zero-order chi connectivity index (χ0) is 14.5. The van der Waals surface area contributed by atoms with E-state index in [9.17, 15) is 9.59 Å². The van der Waals surface area contributed by atoms with Crippen LogP contribution in [0, 0.1) is 0 Å². The molecule has 0 radical (unpaired) electrons. The summed E-state index contributed by atoms with van der Waals surface area (Å²) < 4.78 is 5.76. The molecule has 1 atom stereocenters. The van der Waals surface area contributed by atoms with Crippen molar-refractivity contribution >= 4 is 23.4 Å². The Labute approximate surface area is 122 Å². The largest absolute Gasteiger partial charge is 0.487 e. The van der Waals surface area contributed by atoms with Crippen LogP contribution in [-0.4, -0.2) is 47.4 Å². The smallest absolute Gasteiger partial charge is 0.242 e. The molecule has 1 aliphatic rings. The molecule has 6 nitrogen and oxygen atoms in total. The van der Waals surface area contributed by atoms with Gasteiger partial charge in [-0.05, 0) is 0 Å². The normalized spacial score (nSPS) is 17.9. The number of nitrogens with zero attached hydrogens (tertiary/aromatic N) is 2. The summed E-state index contributed by atoms with van der Waals surface area (Å²) >= 11 is 5.97. The standard InChI is InChI=1S/C13H16ClN3O3/c1-9(18)16-7-13(19)17-5-3-10(8-17)20-12-2-4-15-6-11(12)14/h2,4,6,10H,3,5,7-8H2,1H3,(H,16,18). The summed E-state index contributed by atoms with van der Waals surface area (Å²) in [4.78, 5) is 28.2. The topological polar surface area (TPSA) is 71.5 Å². The molecule has 2 amide bonds. The second-order valence-corrected chi connectivity index (χ2v) is 4.99. The maximum Gasteiger partial charge on any atom is 0.242 e. The molecule has 1 N–H and O–H groups in total. The quantitative estimate of drug-likeness (QED) is 0.894. The molecule has 2 heterocycles. The van der Waals surface area contributed by atoms with Gasteiger partial charge in [0.1, 0.15) is 16.9 Å². The zero-order valence-electron chi connectivity index (χ0n) is 11.1. The van der Waals surface area contributed by atoms with Crippen molar-refractivity contribution in [3.05, 3.63) is 23.5 Å². The van der Waals surface area contributed by atoms with Gasteiger partial charge in [0.25, 0.3) is 0 Å². The number of nitrogens with one attached hydrogen (secondary N) is 1. The Morgan fingerprint density at radius 2 is 2.40 bits per heavy atom. The molecule has 0 aliphatic carbocycles. The van der Waals surface area contributed by atoms with Gasteiger partial charge in [-0.1, -0.05) is 11.6 Å². The number of hydrogen-bond donors (Lipinski definition) is 1. The minimum atomic E-state index is -0.214. The number of ether oxygens (including phenoxy) is 1. The molecule has 1 saturated heterocycles. The Morgan fingerprint density at radius 3 is 3.10 bits per heavy atom. The van der Waals surface area contributed by atoms with E-state index >= 15 is 0 Å². The summed E-state index contributed by atoms with van der Waals surface area (Å²) in [6, 6.07) is 1.70. The minimum absolute atomic E-state index is 0.0259. The van der Waals surface area contributed by atoms with E-state index in [2.05, 4.69) is 10.3 Å². The van der Waals surface area contributed by atoms with Gasteiger partial charge in [0.2, 0.25) is 11.8 Å². The number of pyridine rings is 1. The third kappa shape index (κ3) is 3.84. The summed E-state index contributed by atoms with van der Waals surface area (Å²) in [7, 11) is 0. The van der Waals surface area contributed by atoms with Gasteiger partial charge in [0.05, 0.1) is 13.1 Å². The highest BCUT2D eigenvalue weighted by molar-refractivity contribution is 6.31. The summed E-state index contributed by atoms with van der Waals surface area (Å²) in [6.07, 6.45) is 3.78. The highest BCUT2D eigenvalue weighted by Crippen LogP contribution is 2.25. The molecule has 7 heteroatoms. The second-order valence-electron chi connectivity index (χ2n) is 4.58. The number of amides is 2. The number of aromatic nitrogens is 1. The van der Waals surface area contributed by atoms with Gasteiger partial charge in [-0.15, -0.1) is 0 Å². The molecule has 20 heavy (non-hydrogen) atoms. The number of halogens is 1. The Morgan fingerprint density at radius 1 is 1.60 bits per heavy atom. The number of carbonyl (C=O) groups excluding carboxylic acids is 2. The zero-order valence-corrected chi connectivity index (χ0v) is 11.9. The second kappa shape index (κ2) is 6.56. The van der Waals surface area contributed by atoms with Crippen molar-refractivity contribution in [3.8, 4) is 5.75 Å². The number of rotatable bonds is 4. The van der Waals surface area contributed by atoms with E-state index in [-0.39, 0.29) is 24.5 Å². The summed E-state index contributed by atoms with van der Waals surface area (Å²) in [5, 5.41) is 2.95. The molecule has 1 aliphatic heterocycles. The molecule has 0 saturated carbocycles.